The number of nitrogens with zero attached hydrogens (tertiary/aromatic N) is 2. The van der Waals surface area contributed by atoms with E-state index in [1.54, 1.807) is 13.0 Å². The molecule has 102 valence electrons. The third-order valence-electron chi connectivity index (χ3n) is 2.77. The Kier molecular flexibility index (Phi) is 3.72. The van der Waals surface area contributed by atoms with Gasteiger partial charge in [-0.1, -0.05) is 0 Å². The van der Waals surface area contributed by atoms with Crippen molar-refractivity contribution in [2.24, 2.45) is 0 Å². The van der Waals surface area contributed by atoms with E-state index in [-0.39, 0.29) is 28.3 Å². The van der Waals surface area contributed by atoms with Crippen molar-refractivity contribution in [3.05, 3.63) is 46.9 Å². The van der Waals surface area contributed by atoms with E-state index in [1.165, 1.54) is 18.5 Å². The Balaban J connectivity index is 2.58. The van der Waals surface area contributed by atoms with Crippen LogP contribution in [0.5, 0.6) is 0 Å². The van der Waals surface area contributed by atoms with E-state index in [9.17, 15) is 4.79 Å². The summed E-state index contributed by atoms with van der Waals surface area (Å²) < 4.78 is 0. The molecular formula is C13H13N5O2. The van der Waals surface area contributed by atoms with E-state index in [0.29, 0.717) is 0 Å². The molecule has 0 spiro atoms. The molecule has 2 aromatic rings. The monoisotopic (exact) mass is 271 g/mol. The van der Waals surface area contributed by atoms with Gasteiger partial charge in [-0.2, -0.15) is 0 Å². The van der Waals surface area contributed by atoms with Gasteiger partial charge in [0.25, 0.3) is 0 Å². The predicted octanol–water partition coefficient (Wildman–Crippen LogP) is 1.40. The number of aromatic nitrogens is 2. The van der Waals surface area contributed by atoms with Crippen LogP contribution in [0.3, 0.4) is 0 Å². The van der Waals surface area contributed by atoms with Gasteiger partial charge in [-0.15, -0.1) is 0 Å². The number of ketones is 1. The summed E-state index contributed by atoms with van der Waals surface area (Å²) >= 11 is 0. The van der Waals surface area contributed by atoms with E-state index in [2.05, 4.69) is 9.97 Å². The number of pyridine rings is 2. The van der Waals surface area contributed by atoms with Crippen LogP contribution >= 0.6 is 0 Å². The van der Waals surface area contributed by atoms with Crippen molar-refractivity contribution >= 4 is 23.5 Å². The quantitative estimate of drug-likeness (QED) is 0.378. The molecule has 5 N–H and O–H groups in total. The molecule has 0 radical (unpaired) electrons. The van der Waals surface area contributed by atoms with Crippen molar-refractivity contribution in [2.45, 2.75) is 6.92 Å². The van der Waals surface area contributed by atoms with Crippen LogP contribution in [0.25, 0.3) is 0 Å². The molecule has 0 atom stereocenters. The predicted molar refractivity (Wildman–Crippen MR) is 74.4 cm³/mol. The molecule has 7 heteroatoms. The number of carbonyl (C=O) groups excluding carboxylic acids is 1. The van der Waals surface area contributed by atoms with Crippen LogP contribution in [-0.2, 0) is 0 Å². The van der Waals surface area contributed by atoms with E-state index >= 15 is 0 Å². The Morgan fingerprint density at radius 2 is 2.25 bits per heavy atom. The van der Waals surface area contributed by atoms with Gasteiger partial charge in [-0.25, -0.2) is 4.98 Å². The lowest BCUT2D eigenvalue weighted by Crippen LogP contribution is -2.12. The number of hydrogen-bond donors (Lipinski definition) is 4. The summed E-state index contributed by atoms with van der Waals surface area (Å²) in [6, 6.07) is 3.05. The molecule has 0 bridgehead atoms. The zero-order valence-corrected chi connectivity index (χ0v) is 10.7. The van der Waals surface area contributed by atoms with Gasteiger partial charge < -0.3 is 11.1 Å². The number of rotatable bonds is 4. The number of nitrogens with two attached hydrogens (primary N) is 1. The maximum absolute atomic E-state index is 12.5. The number of anilines is 2. The average molecular weight is 271 g/mol. The Labute approximate surface area is 115 Å². The van der Waals surface area contributed by atoms with Crippen LogP contribution in [0.15, 0.2) is 24.5 Å². The number of nitrogen functional groups attached to an aromatic ring is 1. The maximum atomic E-state index is 12.5. The molecule has 0 saturated heterocycles. The topological polar surface area (TPSA) is 125 Å². The second-order valence-electron chi connectivity index (χ2n) is 4.15. The fourth-order valence-corrected chi connectivity index (χ4v) is 1.80. The van der Waals surface area contributed by atoms with Crippen LogP contribution in [0.4, 0.5) is 11.5 Å². The van der Waals surface area contributed by atoms with E-state index in [0.717, 1.165) is 11.8 Å². The number of aryl methyl sites for hydroxylation is 1. The van der Waals surface area contributed by atoms with E-state index in [1.807, 2.05) is 5.48 Å². The Morgan fingerprint density at radius 1 is 1.50 bits per heavy atom. The van der Waals surface area contributed by atoms with Gasteiger partial charge in [0.05, 0.1) is 5.69 Å². The SMILES string of the molecule is Cc1cnc(C(=O)c2ccnc(N)c2C=N)c(NO)c1. The van der Waals surface area contributed by atoms with Crippen LogP contribution in [0, 0.1) is 12.3 Å². The van der Waals surface area contributed by atoms with Gasteiger partial charge >= 0.3 is 0 Å². The number of carbonyl (C=O) groups is 1. The molecule has 0 aromatic carbocycles. The zero-order valence-electron chi connectivity index (χ0n) is 10.7. The van der Waals surface area contributed by atoms with Crippen molar-refractivity contribution in [1.29, 1.82) is 5.41 Å². The lowest BCUT2D eigenvalue weighted by Gasteiger charge is -2.09. The van der Waals surface area contributed by atoms with Gasteiger partial charge in [0.1, 0.15) is 11.5 Å². The lowest BCUT2D eigenvalue weighted by molar-refractivity contribution is 0.103. The van der Waals surface area contributed by atoms with E-state index < -0.39 is 5.78 Å². The van der Waals surface area contributed by atoms with Gasteiger partial charge in [-0.05, 0) is 24.6 Å². The normalized spacial score (nSPS) is 10.1. The molecule has 0 unspecified atom stereocenters. The molecule has 0 aliphatic heterocycles. The fourth-order valence-electron chi connectivity index (χ4n) is 1.80. The van der Waals surface area contributed by atoms with Crippen LogP contribution in [0.1, 0.15) is 27.2 Å². The van der Waals surface area contributed by atoms with E-state index in [4.69, 9.17) is 16.4 Å². The molecule has 2 heterocycles. The largest absolute Gasteiger partial charge is 0.383 e. The van der Waals surface area contributed by atoms with Gasteiger partial charge in [0.15, 0.2) is 0 Å². The summed E-state index contributed by atoms with van der Waals surface area (Å²) in [7, 11) is 0. The highest BCUT2D eigenvalue weighted by molar-refractivity contribution is 6.15. The zero-order chi connectivity index (χ0) is 14.7. The molecule has 2 rings (SSSR count). The molecule has 20 heavy (non-hydrogen) atoms. The molecule has 0 fully saturated rings. The summed E-state index contributed by atoms with van der Waals surface area (Å²) in [5, 5.41) is 16.4. The molecule has 0 saturated carbocycles. The minimum absolute atomic E-state index is 0.0480. The van der Waals surface area contributed by atoms with Crippen molar-refractivity contribution < 1.29 is 10.0 Å². The highest BCUT2D eigenvalue weighted by Gasteiger charge is 2.19. The smallest absolute Gasteiger partial charge is 0.214 e. The second-order valence-corrected chi connectivity index (χ2v) is 4.15. The van der Waals surface area contributed by atoms with Crippen LogP contribution in [-0.4, -0.2) is 27.2 Å². The van der Waals surface area contributed by atoms with Gasteiger partial charge in [-0.3, -0.25) is 20.5 Å². The third kappa shape index (κ3) is 2.34. The molecule has 0 aliphatic rings. The summed E-state index contributed by atoms with van der Waals surface area (Å²) in [5.41, 5.74) is 9.06. The molecular weight excluding hydrogens is 258 g/mol. The molecule has 0 amide bonds. The minimum Gasteiger partial charge on any atom is -0.383 e. The first-order valence-electron chi connectivity index (χ1n) is 5.75. The number of nitrogens with one attached hydrogen (secondary N) is 2. The van der Waals surface area contributed by atoms with Crippen LogP contribution < -0.4 is 11.2 Å². The first-order chi connectivity index (χ1) is 9.58. The van der Waals surface area contributed by atoms with Crippen LogP contribution in [0.2, 0.25) is 0 Å². The average Bonchev–Trinajstić information content (AvgIpc) is 2.46. The number of hydrogen-bond acceptors (Lipinski definition) is 7. The van der Waals surface area contributed by atoms with Crippen molar-refractivity contribution in [3.63, 3.8) is 0 Å². The molecule has 7 nitrogen and oxygen atoms in total. The van der Waals surface area contributed by atoms with Crippen molar-refractivity contribution in [3.8, 4) is 0 Å². The molecule has 2 aromatic heterocycles. The lowest BCUT2D eigenvalue weighted by atomic mass is 10.0. The second kappa shape index (κ2) is 5.45. The molecule has 0 aliphatic carbocycles. The third-order valence-corrected chi connectivity index (χ3v) is 2.77. The fraction of sp³-hybridized carbons (Fsp3) is 0.0769. The summed E-state index contributed by atoms with van der Waals surface area (Å²) in [4.78, 5) is 20.3. The Hall–Kier alpha value is -2.80. The minimum atomic E-state index is -0.450. The highest BCUT2D eigenvalue weighted by Crippen LogP contribution is 2.21. The van der Waals surface area contributed by atoms with Gasteiger partial charge in [0, 0.05) is 29.7 Å². The standard InChI is InChI=1S/C13H13N5O2/c1-7-4-10(18-20)11(17-6-7)12(19)8-2-3-16-13(15)9(8)5-14/h2-6,14,18,20H,1H3,(H2,15,16). The summed E-state index contributed by atoms with van der Waals surface area (Å²) in [5.74, 6) is -0.356. The summed E-state index contributed by atoms with van der Waals surface area (Å²) in [6.45, 7) is 1.79. The first kappa shape index (κ1) is 13.6. The first-order valence-corrected chi connectivity index (χ1v) is 5.75. The van der Waals surface area contributed by atoms with Crippen molar-refractivity contribution in [2.75, 3.05) is 11.2 Å². The van der Waals surface area contributed by atoms with Gasteiger partial charge in [0.2, 0.25) is 5.78 Å². The van der Waals surface area contributed by atoms with Crippen molar-refractivity contribution in [1.82, 2.24) is 9.97 Å². The Bertz CT molecular complexity index is 684. The highest BCUT2D eigenvalue weighted by atomic mass is 16.5. The summed E-state index contributed by atoms with van der Waals surface area (Å²) in [6.07, 6.45) is 3.87. The maximum Gasteiger partial charge on any atom is 0.214 e. The Morgan fingerprint density at radius 3 is 2.90 bits per heavy atom.